The van der Waals surface area contributed by atoms with Crippen molar-refractivity contribution in [2.24, 2.45) is 0 Å². The smallest absolute Gasteiger partial charge is 0.310 e. The Hall–Kier alpha value is -1.32. The minimum atomic E-state index is -0.236. The summed E-state index contributed by atoms with van der Waals surface area (Å²) in [6.07, 6.45) is 1.98. The predicted molar refractivity (Wildman–Crippen MR) is 48.1 cm³/mol. The molecule has 0 spiro atoms. The van der Waals surface area contributed by atoms with E-state index in [0.717, 1.165) is 11.2 Å². The second-order valence-electron chi connectivity index (χ2n) is 2.56. The molecule has 62 valence electrons. The van der Waals surface area contributed by atoms with Crippen LogP contribution in [0.25, 0.3) is 0 Å². The molecule has 0 atom stereocenters. The highest BCUT2D eigenvalue weighted by Crippen LogP contribution is 1.96. The van der Waals surface area contributed by atoms with E-state index in [1.807, 2.05) is 20.0 Å². The highest BCUT2D eigenvalue weighted by atomic mass is 16.5. The first-order valence-corrected chi connectivity index (χ1v) is 3.70. The molecule has 1 rings (SSSR count). The fourth-order valence-electron chi connectivity index (χ4n) is 0.842. The van der Waals surface area contributed by atoms with Gasteiger partial charge in [0.1, 0.15) is 0 Å². The van der Waals surface area contributed by atoms with Gasteiger partial charge in [0, 0.05) is 6.20 Å². The Morgan fingerprint density at radius 2 is 2.42 bits per heavy atom. The summed E-state index contributed by atoms with van der Waals surface area (Å²) < 4.78 is 4.52. The maximum atomic E-state index is 10.8. The molecule has 0 aliphatic carbocycles. The van der Waals surface area contributed by atoms with Crippen molar-refractivity contribution in [1.82, 2.24) is 4.98 Å². The van der Waals surface area contributed by atoms with Crippen molar-refractivity contribution in [3.05, 3.63) is 23.9 Å². The zero-order valence-electron chi connectivity index (χ0n) is 7.20. The molecular weight excluding hydrogens is 153 g/mol. The van der Waals surface area contributed by atoms with Gasteiger partial charge < -0.3 is 4.74 Å². The third-order valence-electron chi connectivity index (χ3n) is 1.55. The lowest BCUT2D eigenvalue weighted by Crippen LogP contribution is -2.10. The van der Waals surface area contributed by atoms with Gasteiger partial charge in [0.2, 0.25) is 0 Å². The van der Waals surface area contributed by atoms with Gasteiger partial charge in [0.05, 0.1) is 13.5 Å². The lowest BCUT2D eigenvalue weighted by molar-refractivity contribution is -0.139. The van der Waals surface area contributed by atoms with Crippen LogP contribution in [0.5, 0.6) is 0 Å². The Labute approximate surface area is 72.2 Å². The molecule has 3 nitrogen and oxygen atoms in total. The second kappa shape index (κ2) is 3.90. The van der Waals surface area contributed by atoms with E-state index in [0.29, 0.717) is 6.42 Å². The highest BCUT2D eigenvalue weighted by Gasteiger charge is 2.01. The maximum Gasteiger partial charge on any atom is 0.310 e. The number of carbonyl (C=O) groups excluding carboxylic acids is 1. The molecule has 0 saturated carbocycles. The van der Waals surface area contributed by atoms with Gasteiger partial charge in [-0.25, -0.2) is 0 Å². The van der Waals surface area contributed by atoms with Crippen LogP contribution in [0.15, 0.2) is 18.3 Å². The Morgan fingerprint density at radius 1 is 1.67 bits per heavy atom. The summed E-state index contributed by atoms with van der Waals surface area (Å²) in [5.41, 5.74) is 1.83. The number of hydrogen-bond donors (Lipinski definition) is 0. The first-order valence-electron chi connectivity index (χ1n) is 3.70. The first-order chi connectivity index (χ1) is 5.72. The number of rotatable bonds is 2. The summed E-state index contributed by atoms with van der Waals surface area (Å²) in [7, 11) is 3.28. The summed E-state index contributed by atoms with van der Waals surface area (Å²) in [5.74, 6) is -0.236. The van der Waals surface area contributed by atoms with Crippen molar-refractivity contribution >= 4 is 19.4 Å². The van der Waals surface area contributed by atoms with E-state index in [2.05, 4.69) is 9.72 Å². The minimum Gasteiger partial charge on any atom is -0.469 e. The number of pyridine rings is 1. The Bertz CT molecular complexity index is 271. The number of aromatic nitrogens is 1. The fourth-order valence-corrected chi connectivity index (χ4v) is 0.842. The van der Waals surface area contributed by atoms with Crippen molar-refractivity contribution in [2.75, 3.05) is 7.11 Å². The minimum absolute atomic E-state index is 0.236. The fraction of sp³-hybridized carbons (Fsp3) is 0.250. The number of nitrogens with zero attached hydrogens (tertiary/aromatic N) is 1. The van der Waals surface area contributed by atoms with Gasteiger partial charge in [-0.3, -0.25) is 9.78 Å². The Balaban J connectivity index is 2.64. The van der Waals surface area contributed by atoms with Crippen molar-refractivity contribution in [3.8, 4) is 0 Å². The van der Waals surface area contributed by atoms with E-state index in [-0.39, 0.29) is 5.97 Å². The molecule has 12 heavy (non-hydrogen) atoms. The number of ether oxygens (including phenoxy) is 1. The van der Waals surface area contributed by atoms with E-state index in [4.69, 9.17) is 0 Å². The number of methoxy groups -OCH3 is 1. The number of esters is 1. The molecule has 1 aromatic heterocycles. The van der Waals surface area contributed by atoms with Crippen LogP contribution in [0.1, 0.15) is 5.56 Å². The molecule has 0 aliphatic rings. The molecule has 0 N–H and O–H groups in total. The van der Waals surface area contributed by atoms with Gasteiger partial charge in [-0.1, -0.05) is 12.1 Å². The maximum absolute atomic E-state index is 10.8. The van der Waals surface area contributed by atoms with Gasteiger partial charge >= 0.3 is 5.97 Å². The zero-order chi connectivity index (χ0) is 8.97. The van der Waals surface area contributed by atoms with Gasteiger partial charge in [-0.15, -0.1) is 0 Å². The van der Waals surface area contributed by atoms with Crippen LogP contribution >= 0.6 is 0 Å². The number of carbonyl (C=O) groups is 1. The topological polar surface area (TPSA) is 39.2 Å². The predicted octanol–water partition coefficient (Wildman–Crippen LogP) is -0.945. The first kappa shape index (κ1) is 8.78. The highest BCUT2D eigenvalue weighted by molar-refractivity contribution is 6.30. The third kappa shape index (κ3) is 2.38. The molecule has 0 unspecified atom stereocenters. The largest absolute Gasteiger partial charge is 0.469 e. The average molecular weight is 163 g/mol. The summed E-state index contributed by atoms with van der Waals surface area (Å²) in [4.78, 5) is 14.9. The molecule has 4 heteroatoms. The van der Waals surface area contributed by atoms with Gasteiger partial charge in [0.25, 0.3) is 0 Å². The van der Waals surface area contributed by atoms with Crippen LogP contribution in [-0.2, 0) is 16.0 Å². The molecule has 1 heterocycles. The van der Waals surface area contributed by atoms with Crippen LogP contribution in [0.3, 0.4) is 0 Å². The molecule has 0 aliphatic heterocycles. The van der Waals surface area contributed by atoms with E-state index in [9.17, 15) is 4.79 Å². The Kier molecular flexibility index (Phi) is 2.85. The number of hydrogen-bond acceptors (Lipinski definition) is 3. The molecule has 0 saturated heterocycles. The van der Waals surface area contributed by atoms with Crippen LogP contribution in [0, 0.1) is 0 Å². The third-order valence-corrected chi connectivity index (χ3v) is 1.55. The van der Waals surface area contributed by atoms with Gasteiger partial charge in [-0.05, 0) is 11.2 Å². The summed E-state index contributed by atoms with van der Waals surface area (Å²) >= 11 is 0. The molecular formula is C8H10BNO2. The average Bonchev–Trinajstić information content (AvgIpc) is 2.09. The normalized spacial score (nSPS) is 9.42. The van der Waals surface area contributed by atoms with Crippen LogP contribution in [-0.4, -0.2) is 25.9 Å². The molecule has 0 fully saturated rings. The summed E-state index contributed by atoms with van der Waals surface area (Å²) in [5, 5.41) is 0. The van der Waals surface area contributed by atoms with Crippen LogP contribution < -0.4 is 5.59 Å². The SMILES string of the molecule is Bc1ccc(CC(=O)OC)cn1. The lowest BCUT2D eigenvalue weighted by atomic mass is 10.0. The van der Waals surface area contributed by atoms with Gasteiger partial charge in [0.15, 0.2) is 7.85 Å². The van der Waals surface area contributed by atoms with Crippen molar-refractivity contribution < 1.29 is 9.53 Å². The quantitative estimate of drug-likeness (QED) is 0.417. The summed E-state index contributed by atoms with van der Waals surface area (Å²) in [6, 6.07) is 3.75. The summed E-state index contributed by atoms with van der Waals surface area (Å²) in [6.45, 7) is 0. The van der Waals surface area contributed by atoms with Crippen molar-refractivity contribution in [2.45, 2.75) is 6.42 Å². The van der Waals surface area contributed by atoms with E-state index in [1.165, 1.54) is 7.11 Å². The van der Waals surface area contributed by atoms with Crippen molar-refractivity contribution in [1.29, 1.82) is 0 Å². The standard InChI is InChI=1S/C8H10BNO2/c1-12-8(11)4-6-2-3-7(9)10-5-6/h2-3,5H,4,9H2,1H3. The molecule has 0 aromatic carbocycles. The van der Waals surface area contributed by atoms with E-state index in [1.54, 1.807) is 6.20 Å². The molecule has 0 amide bonds. The van der Waals surface area contributed by atoms with Gasteiger partial charge in [-0.2, -0.15) is 0 Å². The Morgan fingerprint density at radius 3 is 2.92 bits per heavy atom. The second-order valence-corrected chi connectivity index (χ2v) is 2.56. The van der Waals surface area contributed by atoms with Crippen LogP contribution in [0.2, 0.25) is 0 Å². The van der Waals surface area contributed by atoms with E-state index >= 15 is 0 Å². The van der Waals surface area contributed by atoms with E-state index < -0.39 is 0 Å². The molecule has 0 bridgehead atoms. The lowest BCUT2D eigenvalue weighted by Gasteiger charge is -1.98. The molecule has 1 aromatic rings. The monoisotopic (exact) mass is 163 g/mol. The zero-order valence-corrected chi connectivity index (χ0v) is 7.20. The van der Waals surface area contributed by atoms with Crippen LogP contribution in [0.4, 0.5) is 0 Å². The van der Waals surface area contributed by atoms with Crippen molar-refractivity contribution in [3.63, 3.8) is 0 Å². The molecule has 0 radical (unpaired) electrons.